The van der Waals surface area contributed by atoms with Gasteiger partial charge in [0.05, 0.1) is 0 Å². The normalized spacial score (nSPS) is 11.8. The first-order chi connectivity index (χ1) is 9.16. The lowest BCUT2D eigenvalue weighted by molar-refractivity contribution is -0.139. The third kappa shape index (κ3) is 3.35. The number of hydrogen-bond acceptors (Lipinski definition) is 5. The Labute approximate surface area is 107 Å². The van der Waals surface area contributed by atoms with Crippen molar-refractivity contribution in [2.75, 3.05) is 0 Å². The lowest BCUT2D eigenvalue weighted by atomic mass is 10.1. The Balaban J connectivity index is 2.05. The molecule has 19 heavy (non-hydrogen) atoms. The molecule has 0 aliphatic heterocycles. The summed E-state index contributed by atoms with van der Waals surface area (Å²) in [6.45, 7) is 0. The van der Waals surface area contributed by atoms with E-state index in [1.54, 1.807) is 24.3 Å². The third-order valence-electron chi connectivity index (χ3n) is 2.43. The molecular weight excluding hydrogens is 250 g/mol. The van der Waals surface area contributed by atoms with Crippen LogP contribution in [0.15, 0.2) is 30.3 Å². The van der Waals surface area contributed by atoms with E-state index in [1.807, 2.05) is 6.07 Å². The number of rotatable bonds is 5. The number of nitrogens with zero attached hydrogens (tertiary/aromatic N) is 3. The van der Waals surface area contributed by atoms with E-state index in [1.165, 1.54) is 0 Å². The first-order valence-corrected chi connectivity index (χ1v) is 5.48. The van der Waals surface area contributed by atoms with Crippen molar-refractivity contribution >= 4 is 11.9 Å². The van der Waals surface area contributed by atoms with Crippen LogP contribution in [0.1, 0.15) is 16.2 Å². The van der Waals surface area contributed by atoms with Crippen LogP contribution < -0.4 is 5.32 Å². The number of tetrazole rings is 1. The molecule has 0 aliphatic carbocycles. The molecule has 0 saturated heterocycles. The van der Waals surface area contributed by atoms with Crippen molar-refractivity contribution in [2.45, 2.75) is 12.5 Å². The average Bonchev–Trinajstić information content (AvgIpc) is 2.93. The van der Waals surface area contributed by atoms with E-state index >= 15 is 0 Å². The fraction of sp³-hybridized carbons (Fsp3) is 0.182. The number of hydrogen-bond donors (Lipinski definition) is 3. The molecule has 0 saturated carbocycles. The zero-order chi connectivity index (χ0) is 13.7. The van der Waals surface area contributed by atoms with Gasteiger partial charge in [-0.3, -0.25) is 4.79 Å². The summed E-state index contributed by atoms with van der Waals surface area (Å²) >= 11 is 0. The zero-order valence-corrected chi connectivity index (χ0v) is 9.78. The molecule has 0 aliphatic rings. The summed E-state index contributed by atoms with van der Waals surface area (Å²) in [4.78, 5) is 22.8. The Bertz CT molecular complexity index is 555. The summed E-state index contributed by atoms with van der Waals surface area (Å²) in [6, 6.07) is 7.96. The monoisotopic (exact) mass is 261 g/mol. The number of carboxylic acids is 1. The molecule has 98 valence electrons. The van der Waals surface area contributed by atoms with E-state index in [9.17, 15) is 9.59 Å². The highest BCUT2D eigenvalue weighted by Gasteiger charge is 2.22. The van der Waals surface area contributed by atoms with Gasteiger partial charge in [0.2, 0.25) is 0 Å². The molecule has 8 heteroatoms. The van der Waals surface area contributed by atoms with E-state index in [-0.39, 0.29) is 12.2 Å². The van der Waals surface area contributed by atoms with Crippen LogP contribution in [-0.4, -0.2) is 43.6 Å². The van der Waals surface area contributed by atoms with Crippen molar-refractivity contribution in [3.05, 3.63) is 41.7 Å². The molecule has 1 heterocycles. The van der Waals surface area contributed by atoms with Crippen LogP contribution in [0.3, 0.4) is 0 Å². The van der Waals surface area contributed by atoms with E-state index in [0.717, 1.165) is 5.56 Å². The molecule has 0 spiro atoms. The lowest BCUT2D eigenvalue weighted by Crippen LogP contribution is -2.42. The SMILES string of the molecule is O=C(NC(Cc1ccccc1)C(=O)O)c1nn[nH]n1. The molecule has 1 aromatic heterocycles. The van der Waals surface area contributed by atoms with Crippen LogP contribution in [0.4, 0.5) is 0 Å². The Morgan fingerprint density at radius 1 is 1.32 bits per heavy atom. The maximum Gasteiger partial charge on any atom is 0.326 e. The number of carboxylic acid groups (broad SMARTS) is 1. The number of aliphatic carboxylic acids is 1. The van der Waals surface area contributed by atoms with Crippen molar-refractivity contribution < 1.29 is 14.7 Å². The van der Waals surface area contributed by atoms with Gasteiger partial charge in [-0.25, -0.2) is 4.79 Å². The number of aromatic nitrogens is 4. The van der Waals surface area contributed by atoms with Gasteiger partial charge in [0.15, 0.2) is 0 Å². The maximum absolute atomic E-state index is 11.7. The van der Waals surface area contributed by atoms with Crippen molar-refractivity contribution in [1.29, 1.82) is 0 Å². The Kier molecular flexibility index (Phi) is 3.81. The van der Waals surface area contributed by atoms with Crippen LogP contribution in [0, 0.1) is 0 Å². The van der Waals surface area contributed by atoms with Crippen LogP contribution in [0.25, 0.3) is 0 Å². The van der Waals surface area contributed by atoms with Gasteiger partial charge in [-0.1, -0.05) is 30.3 Å². The number of amides is 1. The minimum absolute atomic E-state index is 0.180. The lowest BCUT2D eigenvalue weighted by Gasteiger charge is -2.13. The summed E-state index contributed by atoms with van der Waals surface area (Å²) in [5.74, 6) is -2.00. The van der Waals surface area contributed by atoms with Crippen molar-refractivity contribution in [1.82, 2.24) is 25.9 Å². The standard InChI is InChI=1S/C11H11N5O3/c17-10(9-13-15-16-14-9)12-8(11(18)19)6-7-4-2-1-3-5-7/h1-5,8H,6H2,(H,12,17)(H,18,19)(H,13,14,15,16). The summed E-state index contributed by atoms with van der Waals surface area (Å²) < 4.78 is 0. The predicted molar refractivity (Wildman–Crippen MR) is 63.2 cm³/mol. The van der Waals surface area contributed by atoms with Gasteiger partial charge < -0.3 is 10.4 Å². The molecule has 2 rings (SSSR count). The van der Waals surface area contributed by atoms with E-state index in [2.05, 4.69) is 25.9 Å². The maximum atomic E-state index is 11.7. The first-order valence-electron chi connectivity index (χ1n) is 5.48. The fourth-order valence-electron chi connectivity index (χ4n) is 1.53. The van der Waals surface area contributed by atoms with Gasteiger partial charge in [0.1, 0.15) is 6.04 Å². The van der Waals surface area contributed by atoms with Gasteiger partial charge in [-0.15, -0.1) is 10.2 Å². The molecule has 2 aromatic rings. The number of benzene rings is 1. The smallest absolute Gasteiger partial charge is 0.326 e. The van der Waals surface area contributed by atoms with Crippen LogP contribution in [-0.2, 0) is 11.2 Å². The molecule has 0 fully saturated rings. The summed E-state index contributed by atoms with van der Waals surface area (Å²) in [7, 11) is 0. The molecule has 1 atom stereocenters. The highest BCUT2D eigenvalue weighted by atomic mass is 16.4. The summed E-state index contributed by atoms with van der Waals surface area (Å²) in [5.41, 5.74) is 0.809. The molecular formula is C11H11N5O3. The number of H-pyrrole nitrogens is 1. The van der Waals surface area contributed by atoms with Crippen molar-refractivity contribution in [2.24, 2.45) is 0 Å². The summed E-state index contributed by atoms with van der Waals surface area (Å²) in [5, 5.41) is 23.8. The molecule has 3 N–H and O–H groups in total. The van der Waals surface area contributed by atoms with Gasteiger partial charge >= 0.3 is 5.97 Å². The molecule has 1 aromatic carbocycles. The first kappa shape index (κ1) is 12.7. The Morgan fingerprint density at radius 3 is 2.63 bits per heavy atom. The minimum Gasteiger partial charge on any atom is -0.480 e. The van der Waals surface area contributed by atoms with Crippen molar-refractivity contribution in [3.8, 4) is 0 Å². The largest absolute Gasteiger partial charge is 0.480 e. The second-order valence-corrected chi connectivity index (χ2v) is 3.79. The van der Waals surface area contributed by atoms with E-state index < -0.39 is 17.9 Å². The molecule has 1 amide bonds. The second-order valence-electron chi connectivity index (χ2n) is 3.79. The fourth-order valence-corrected chi connectivity index (χ4v) is 1.53. The zero-order valence-electron chi connectivity index (χ0n) is 9.78. The predicted octanol–water partition coefficient (Wildman–Crippen LogP) is -0.375. The van der Waals surface area contributed by atoms with Gasteiger partial charge in [0.25, 0.3) is 11.7 Å². The molecule has 0 radical (unpaired) electrons. The minimum atomic E-state index is -1.12. The number of aromatic amines is 1. The topological polar surface area (TPSA) is 121 Å². The average molecular weight is 261 g/mol. The Hall–Kier alpha value is -2.77. The number of carbonyl (C=O) groups excluding carboxylic acids is 1. The highest BCUT2D eigenvalue weighted by molar-refractivity contribution is 5.93. The van der Waals surface area contributed by atoms with E-state index in [4.69, 9.17) is 5.11 Å². The Morgan fingerprint density at radius 2 is 2.05 bits per heavy atom. The molecule has 1 unspecified atom stereocenters. The number of nitrogens with one attached hydrogen (secondary N) is 2. The van der Waals surface area contributed by atoms with Gasteiger partial charge in [-0.2, -0.15) is 5.21 Å². The van der Waals surface area contributed by atoms with E-state index in [0.29, 0.717) is 0 Å². The van der Waals surface area contributed by atoms with Gasteiger partial charge in [-0.05, 0) is 10.8 Å². The van der Waals surface area contributed by atoms with Crippen LogP contribution in [0.2, 0.25) is 0 Å². The van der Waals surface area contributed by atoms with Crippen LogP contribution >= 0.6 is 0 Å². The molecule has 0 bridgehead atoms. The summed E-state index contributed by atoms with van der Waals surface area (Å²) in [6.07, 6.45) is 0.180. The molecule has 8 nitrogen and oxygen atoms in total. The van der Waals surface area contributed by atoms with Crippen LogP contribution in [0.5, 0.6) is 0 Å². The third-order valence-corrected chi connectivity index (χ3v) is 2.43. The second kappa shape index (κ2) is 5.71. The highest BCUT2D eigenvalue weighted by Crippen LogP contribution is 2.04. The number of carbonyl (C=O) groups is 2. The van der Waals surface area contributed by atoms with Gasteiger partial charge in [0, 0.05) is 6.42 Å². The van der Waals surface area contributed by atoms with Crippen molar-refractivity contribution in [3.63, 3.8) is 0 Å². The quantitative estimate of drug-likeness (QED) is 0.675.